The number of ether oxygens (including phenoxy) is 1. The highest BCUT2D eigenvalue weighted by molar-refractivity contribution is 6.30. The largest absolute Gasteiger partial charge is 0.370 e. The maximum atomic E-state index is 13.4. The standard InChI is InChI=1S/C22H21ClFN3O2/c1-14-3-2-4-17(18(14)10-25)22(28)27-8-7-26-12-21(29-13-16(26)11-27)15-5-6-20(24)19(23)9-15/h2-6,9,16,21H,7-8,11-13H2,1H3/t16-,21-/m0/s1. The molecule has 2 aromatic carbocycles. The first-order chi connectivity index (χ1) is 14.0. The zero-order valence-corrected chi connectivity index (χ0v) is 16.8. The number of morpholine rings is 1. The Balaban J connectivity index is 1.45. The molecule has 0 spiro atoms. The minimum atomic E-state index is -0.441. The van der Waals surface area contributed by atoms with Gasteiger partial charge in [0.15, 0.2) is 0 Å². The second-order valence-corrected chi connectivity index (χ2v) is 7.91. The fraction of sp³-hybridized carbons (Fsp3) is 0.364. The summed E-state index contributed by atoms with van der Waals surface area (Å²) in [6.45, 7) is 4.84. The van der Waals surface area contributed by atoms with Gasteiger partial charge in [-0.3, -0.25) is 9.69 Å². The number of hydrogen-bond donors (Lipinski definition) is 0. The number of carbonyl (C=O) groups excluding carboxylic acids is 1. The lowest BCUT2D eigenvalue weighted by atomic mass is 10.0. The van der Waals surface area contributed by atoms with Gasteiger partial charge in [-0.15, -0.1) is 0 Å². The van der Waals surface area contributed by atoms with E-state index in [1.54, 1.807) is 23.1 Å². The maximum Gasteiger partial charge on any atom is 0.255 e. The Kier molecular flexibility index (Phi) is 5.55. The van der Waals surface area contributed by atoms with Gasteiger partial charge in [-0.1, -0.05) is 29.8 Å². The van der Waals surface area contributed by atoms with E-state index in [9.17, 15) is 14.4 Å². The molecule has 0 bridgehead atoms. The average molecular weight is 414 g/mol. The normalized spacial score (nSPS) is 22.1. The van der Waals surface area contributed by atoms with E-state index in [1.165, 1.54) is 6.07 Å². The average Bonchev–Trinajstić information content (AvgIpc) is 2.74. The number of halogens is 2. The van der Waals surface area contributed by atoms with Gasteiger partial charge in [-0.25, -0.2) is 4.39 Å². The Morgan fingerprint density at radius 1 is 1.28 bits per heavy atom. The third kappa shape index (κ3) is 3.86. The van der Waals surface area contributed by atoms with Crippen LogP contribution in [0.3, 0.4) is 0 Å². The summed E-state index contributed by atoms with van der Waals surface area (Å²) in [5, 5.41) is 9.52. The summed E-state index contributed by atoms with van der Waals surface area (Å²) in [6, 6.07) is 12.3. The number of piperazine rings is 1. The number of fused-ring (bicyclic) bond motifs is 1. The van der Waals surface area contributed by atoms with Crippen LogP contribution in [-0.2, 0) is 4.74 Å². The summed E-state index contributed by atoms with van der Waals surface area (Å²) in [5.74, 6) is -0.554. The van der Waals surface area contributed by atoms with Crippen molar-refractivity contribution in [2.45, 2.75) is 19.1 Å². The highest BCUT2D eigenvalue weighted by atomic mass is 35.5. The predicted molar refractivity (Wildman–Crippen MR) is 107 cm³/mol. The van der Waals surface area contributed by atoms with Crippen LogP contribution in [0.15, 0.2) is 36.4 Å². The zero-order valence-electron chi connectivity index (χ0n) is 16.1. The van der Waals surface area contributed by atoms with Crippen molar-refractivity contribution < 1.29 is 13.9 Å². The fourth-order valence-electron chi connectivity index (χ4n) is 4.05. The first kappa shape index (κ1) is 19.8. The van der Waals surface area contributed by atoms with Gasteiger partial charge in [-0.2, -0.15) is 5.26 Å². The van der Waals surface area contributed by atoms with Gasteiger partial charge >= 0.3 is 0 Å². The molecule has 2 aliphatic rings. The van der Waals surface area contributed by atoms with Crippen molar-refractivity contribution in [2.24, 2.45) is 0 Å². The van der Waals surface area contributed by atoms with E-state index >= 15 is 0 Å². The van der Waals surface area contributed by atoms with Crippen LogP contribution >= 0.6 is 11.6 Å². The monoisotopic (exact) mass is 413 g/mol. The topological polar surface area (TPSA) is 56.6 Å². The second kappa shape index (κ2) is 8.11. The van der Waals surface area contributed by atoms with Crippen LogP contribution in [0.4, 0.5) is 4.39 Å². The van der Waals surface area contributed by atoms with Crippen molar-refractivity contribution in [1.82, 2.24) is 9.80 Å². The number of amides is 1. The fourth-order valence-corrected chi connectivity index (χ4v) is 4.24. The van der Waals surface area contributed by atoms with Crippen LogP contribution in [0.1, 0.15) is 33.2 Å². The lowest BCUT2D eigenvalue weighted by Crippen LogP contribution is -2.59. The Bertz CT molecular complexity index is 991. The molecule has 2 saturated heterocycles. The van der Waals surface area contributed by atoms with Crippen LogP contribution in [0.25, 0.3) is 0 Å². The quantitative estimate of drug-likeness (QED) is 0.755. The first-order valence-electron chi connectivity index (χ1n) is 9.57. The number of carbonyl (C=O) groups is 1. The van der Waals surface area contributed by atoms with E-state index in [-0.39, 0.29) is 23.1 Å². The molecule has 2 aliphatic heterocycles. The van der Waals surface area contributed by atoms with E-state index in [2.05, 4.69) is 11.0 Å². The van der Waals surface area contributed by atoms with Crippen molar-refractivity contribution in [1.29, 1.82) is 5.26 Å². The van der Waals surface area contributed by atoms with Gasteiger partial charge < -0.3 is 9.64 Å². The molecule has 2 heterocycles. The maximum absolute atomic E-state index is 13.4. The third-order valence-corrected chi connectivity index (χ3v) is 6.00. The number of aryl methyl sites for hydroxylation is 1. The minimum absolute atomic E-state index is 0.0927. The number of benzene rings is 2. The zero-order chi connectivity index (χ0) is 20.5. The highest BCUT2D eigenvalue weighted by Gasteiger charge is 2.36. The van der Waals surface area contributed by atoms with Gasteiger partial charge in [0.2, 0.25) is 0 Å². The van der Waals surface area contributed by atoms with Crippen LogP contribution in [-0.4, -0.2) is 54.5 Å². The van der Waals surface area contributed by atoms with Crippen LogP contribution in [0.2, 0.25) is 5.02 Å². The van der Waals surface area contributed by atoms with Gasteiger partial charge in [0.25, 0.3) is 5.91 Å². The molecule has 0 N–H and O–H groups in total. The minimum Gasteiger partial charge on any atom is -0.370 e. The molecule has 5 nitrogen and oxygen atoms in total. The van der Waals surface area contributed by atoms with Crippen LogP contribution < -0.4 is 0 Å². The molecule has 2 atom stereocenters. The summed E-state index contributed by atoms with van der Waals surface area (Å²) in [7, 11) is 0. The summed E-state index contributed by atoms with van der Waals surface area (Å²) in [6.07, 6.45) is -0.173. The summed E-state index contributed by atoms with van der Waals surface area (Å²) in [5.41, 5.74) is 2.55. The SMILES string of the molecule is Cc1cccc(C(=O)N2CCN3C[C@@H](c4ccc(F)c(Cl)c4)OC[C@@H]3C2)c1C#N. The molecule has 0 aromatic heterocycles. The van der Waals surface area contributed by atoms with E-state index in [4.69, 9.17) is 16.3 Å². The predicted octanol–water partition coefficient (Wildman–Crippen LogP) is 3.56. The van der Waals surface area contributed by atoms with Gasteiger partial charge in [-0.05, 0) is 36.2 Å². The van der Waals surface area contributed by atoms with Crippen molar-refractivity contribution in [3.63, 3.8) is 0 Å². The van der Waals surface area contributed by atoms with Gasteiger partial charge in [0.1, 0.15) is 11.9 Å². The molecule has 7 heteroatoms. The molecule has 0 unspecified atom stereocenters. The molecular weight excluding hydrogens is 393 g/mol. The van der Waals surface area contributed by atoms with Crippen molar-refractivity contribution >= 4 is 17.5 Å². The second-order valence-electron chi connectivity index (χ2n) is 7.50. The Morgan fingerprint density at radius 2 is 2.10 bits per heavy atom. The molecule has 4 rings (SSSR count). The van der Waals surface area contributed by atoms with Crippen molar-refractivity contribution in [3.8, 4) is 6.07 Å². The summed E-state index contributed by atoms with van der Waals surface area (Å²) in [4.78, 5) is 17.1. The van der Waals surface area contributed by atoms with E-state index in [0.29, 0.717) is 37.4 Å². The van der Waals surface area contributed by atoms with Gasteiger partial charge in [0, 0.05) is 26.2 Å². The Labute approximate surface area is 174 Å². The molecular formula is C22H21ClFN3O2. The third-order valence-electron chi connectivity index (χ3n) is 5.71. The molecule has 2 aromatic rings. The highest BCUT2D eigenvalue weighted by Crippen LogP contribution is 2.29. The molecule has 0 aliphatic carbocycles. The van der Waals surface area contributed by atoms with Crippen molar-refractivity contribution in [3.05, 3.63) is 69.5 Å². The van der Waals surface area contributed by atoms with Crippen molar-refractivity contribution in [2.75, 3.05) is 32.8 Å². The molecule has 0 radical (unpaired) electrons. The van der Waals surface area contributed by atoms with Crippen LogP contribution in [0.5, 0.6) is 0 Å². The van der Waals surface area contributed by atoms with E-state index < -0.39 is 5.82 Å². The number of rotatable bonds is 2. The number of nitrogens with zero attached hydrogens (tertiary/aromatic N) is 3. The lowest BCUT2D eigenvalue weighted by Gasteiger charge is -2.46. The van der Waals surface area contributed by atoms with E-state index in [1.807, 2.05) is 19.1 Å². The molecule has 150 valence electrons. The van der Waals surface area contributed by atoms with Crippen LogP contribution in [0, 0.1) is 24.1 Å². The number of nitriles is 1. The van der Waals surface area contributed by atoms with E-state index in [0.717, 1.165) is 17.7 Å². The summed E-state index contributed by atoms with van der Waals surface area (Å²) >= 11 is 5.91. The smallest absolute Gasteiger partial charge is 0.255 e. The Hall–Kier alpha value is -2.46. The van der Waals surface area contributed by atoms with Gasteiger partial charge in [0.05, 0.1) is 34.9 Å². The lowest BCUT2D eigenvalue weighted by molar-refractivity contribution is -0.0858. The first-order valence-corrected chi connectivity index (χ1v) is 9.95. The molecule has 1 amide bonds. The summed E-state index contributed by atoms with van der Waals surface area (Å²) < 4.78 is 19.4. The Morgan fingerprint density at radius 3 is 2.86 bits per heavy atom. The molecule has 2 fully saturated rings. The molecule has 0 saturated carbocycles. The molecule has 29 heavy (non-hydrogen) atoms. The number of hydrogen-bond acceptors (Lipinski definition) is 4.